The molecule has 5 nitrogen and oxygen atoms in total. The monoisotopic (exact) mass is 287 g/mol. The Bertz CT molecular complexity index is 434. The zero-order valence-electron chi connectivity index (χ0n) is 11.5. The molecule has 1 fully saturated rings. The molecule has 19 heavy (non-hydrogen) atoms. The van der Waals surface area contributed by atoms with Crippen molar-refractivity contribution < 1.29 is 9.32 Å². The van der Waals surface area contributed by atoms with Crippen molar-refractivity contribution in [3.63, 3.8) is 0 Å². The summed E-state index contributed by atoms with van der Waals surface area (Å²) in [4.78, 5) is 14.4. The van der Waals surface area contributed by atoms with E-state index in [1.165, 1.54) is 0 Å². The van der Waals surface area contributed by atoms with Crippen molar-refractivity contribution >= 4 is 18.3 Å². The number of nitrogens with zero attached hydrogens (tertiary/aromatic N) is 2. The van der Waals surface area contributed by atoms with E-state index in [1.807, 2.05) is 18.7 Å². The third-order valence-corrected chi connectivity index (χ3v) is 3.61. The standard InChI is InChI=1S/C13H21N3O2.ClH/c1-3-11-12(9(2)15-18-11)13(17)16-6-4-5-10(7-14)8-16;/h10H,3-8,14H2,1-2H3;1H. The molecule has 1 aliphatic rings. The number of likely N-dealkylation sites (tertiary alicyclic amines) is 1. The highest BCUT2D eigenvalue weighted by molar-refractivity contribution is 5.96. The molecule has 0 saturated carbocycles. The van der Waals surface area contributed by atoms with E-state index in [0.717, 1.165) is 25.9 Å². The molecule has 1 saturated heterocycles. The summed E-state index contributed by atoms with van der Waals surface area (Å²) in [6, 6.07) is 0. The molecule has 108 valence electrons. The third kappa shape index (κ3) is 3.28. The van der Waals surface area contributed by atoms with Crippen molar-refractivity contribution in [2.75, 3.05) is 19.6 Å². The van der Waals surface area contributed by atoms with Gasteiger partial charge in [-0.05, 0) is 32.2 Å². The number of carbonyl (C=O) groups excluding carboxylic acids is 1. The smallest absolute Gasteiger partial charge is 0.259 e. The quantitative estimate of drug-likeness (QED) is 0.920. The lowest BCUT2D eigenvalue weighted by molar-refractivity contribution is 0.0675. The molecule has 0 spiro atoms. The van der Waals surface area contributed by atoms with Crippen LogP contribution in [0, 0.1) is 12.8 Å². The second-order valence-electron chi connectivity index (χ2n) is 4.91. The minimum absolute atomic E-state index is 0. The van der Waals surface area contributed by atoms with Crippen LogP contribution in [0.25, 0.3) is 0 Å². The molecule has 1 aromatic rings. The lowest BCUT2D eigenvalue weighted by Crippen LogP contribution is -2.42. The minimum Gasteiger partial charge on any atom is -0.360 e. The largest absolute Gasteiger partial charge is 0.360 e. The molecule has 1 unspecified atom stereocenters. The first kappa shape index (κ1) is 16.0. The molecule has 1 atom stereocenters. The Kier molecular flexibility index (Phi) is 5.82. The van der Waals surface area contributed by atoms with E-state index in [-0.39, 0.29) is 18.3 Å². The van der Waals surface area contributed by atoms with Crippen molar-refractivity contribution in [3.8, 4) is 0 Å². The number of hydrogen-bond donors (Lipinski definition) is 1. The average molecular weight is 288 g/mol. The number of aromatic nitrogens is 1. The second kappa shape index (κ2) is 6.91. The van der Waals surface area contributed by atoms with Crippen LogP contribution < -0.4 is 5.73 Å². The Morgan fingerprint density at radius 1 is 1.58 bits per heavy atom. The fraction of sp³-hybridized carbons (Fsp3) is 0.692. The maximum Gasteiger partial charge on any atom is 0.259 e. The van der Waals surface area contributed by atoms with Crippen molar-refractivity contribution in [3.05, 3.63) is 17.0 Å². The molecule has 0 radical (unpaired) electrons. The Balaban J connectivity index is 0.00000180. The van der Waals surface area contributed by atoms with Gasteiger partial charge in [0.15, 0.2) is 0 Å². The Labute approximate surface area is 119 Å². The highest BCUT2D eigenvalue weighted by Crippen LogP contribution is 2.21. The van der Waals surface area contributed by atoms with Gasteiger partial charge in [-0.15, -0.1) is 12.4 Å². The van der Waals surface area contributed by atoms with Crippen molar-refractivity contribution in [2.45, 2.75) is 33.1 Å². The summed E-state index contributed by atoms with van der Waals surface area (Å²) >= 11 is 0. The number of halogens is 1. The predicted octanol–water partition coefficient (Wildman–Crippen LogP) is 1.78. The summed E-state index contributed by atoms with van der Waals surface area (Å²) in [6.45, 7) is 6.00. The van der Waals surface area contributed by atoms with Gasteiger partial charge in [0.2, 0.25) is 0 Å². The zero-order valence-corrected chi connectivity index (χ0v) is 12.3. The summed E-state index contributed by atoms with van der Waals surface area (Å²) in [5.41, 5.74) is 7.04. The van der Waals surface area contributed by atoms with Gasteiger partial charge >= 0.3 is 0 Å². The number of carbonyl (C=O) groups is 1. The first-order chi connectivity index (χ1) is 8.67. The Hall–Kier alpha value is -1.07. The zero-order chi connectivity index (χ0) is 13.1. The van der Waals surface area contributed by atoms with Gasteiger partial charge in [0, 0.05) is 19.5 Å². The van der Waals surface area contributed by atoms with Gasteiger partial charge in [0.25, 0.3) is 5.91 Å². The first-order valence-electron chi connectivity index (χ1n) is 6.61. The SMILES string of the molecule is CCc1onc(C)c1C(=O)N1CCCC(CN)C1.Cl. The molecule has 0 aromatic carbocycles. The van der Waals surface area contributed by atoms with E-state index in [1.54, 1.807) is 0 Å². The lowest BCUT2D eigenvalue weighted by atomic mass is 9.97. The van der Waals surface area contributed by atoms with E-state index in [2.05, 4.69) is 5.16 Å². The van der Waals surface area contributed by atoms with Crippen LogP contribution in [-0.4, -0.2) is 35.6 Å². The lowest BCUT2D eigenvalue weighted by Gasteiger charge is -2.32. The van der Waals surface area contributed by atoms with Crippen molar-refractivity contribution in [1.82, 2.24) is 10.1 Å². The summed E-state index contributed by atoms with van der Waals surface area (Å²) in [7, 11) is 0. The second-order valence-corrected chi connectivity index (χ2v) is 4.91. The molecule has 0 bridgehead atoms. The van der Waals surface area contributed by atoms with Gasteiger partial charge in [-0.2, -0.15) is 0 Å². The molecule has 1 aliphatic heterocycles. The molecule has 2 N–H and O–H groups in total. The molecule has 1 amide bonds. The maximum absolute atomic E-state index is 12.5. The number of aryl methyl sites for hydroxylation is 2. The molecular weight excluding hydrogens is 266 g/mol. The van der Waals surface area contributed by atoms with E-state index in [9.17, 15) is 4.79 Å². The van der Waals surface area contributed by atoms with E-state index in [0.29, 0.717) is 35.9 Å². The minimum atomic E-state index is 0. The van der Waals surface area contributed by atoms with Crippen LogP contribution in [0.5, 0.6) is 0 Å². The summed E-state index contributed by atoms with van der Waals surface area (Å²) < 4.78 is 5.19. The average Bonchev–Trinajstić information content (AvgIpc) is 2.79. The van der Waals surface area contributed by atoms with Crippen LogP contribution in [0.4, 0.5) is 0 Å². The van der Waals surface area contributed by atoms with E-state index in [4.69, 9.17) is 10.3 Å². The number of amides is 1. The fourth-order valence-corrected chi connectivity index (χ4v) is 2.53. The normalized spacial score (nSPS) is 19.1. The van der Waals surface area contributed by atoms with Gasteiger partial charge in [-0.1, -0.05) is 12.1 Å². The van der Waals surface area contributed by atoms with Crippen LogP contribution in [0.1, 0.15) is 41.6 Å². The van der Waals surface area contributed by atoms with Crippen LogP contribution in [0.15, 0.2) is 4.52 Å². The number of piperidine rings is 1. The highest BCUT2D eigenvalue weighted by Gasteiger charge is 2.28. The molecule has 0 aliphatic carbocycles. The summed E-state index contributed by atoms with van der Waals surface area (Å²) in [6.07, 6.45) is 2.83. The number of hydrogen-bond acceptors (Lipinski definition) is 4. The van der Waals surface area contributed by atoms with Crippen LogP contribution in [0.3, 0.4) is 0 Å². The highest BCUT2D eigenvalue weighted by atomic mass is 35.5. The fourth-order valence-electron chi connectivity index (χ4n) is 2.53. The third-order valence-electron chi connectivity index (χ3n) is 3.61. The molecule has 2 rings (SSSR count). The van der Waals surface area contributed by atoms with E-state index >= 15 is 0 Å². The molecule has 2 heterocycles. The first-order valence-corrected chi connectivity index (χ1v) is 6.61. The topological polar surface area (TPSA) is 72.4 Å². The van der Waals surface area contributed by atoms with Crippen molar-refractivity contribution in [2.24, 2.45) is 11.7 Å². The summed E-state index contributed by atoms with van der Waals surface area (Å²) in [5.74, 6) is 1.16. The van der Waals surface area contributed by atoms with E-state index < -0.39 is 0 Å². The number of rotatable bonds is 3. The van der Waals surface area contributed by atoms with Gasteiger partial charge in [-0.25, -0.2) is 0 Å². The number of nitrogens with two attached hydrogens (primary N) is 1. The van der Waals surface area contributed by atoms with Crippen LogP contribution in [-0.2, 0) is 6.42 Å². The van der Waals surface area contributed by atoms with Gasteiger partial charge in [0.1, 0.15) is 11.3 Å². The van der Waals surface area contributed by atoms with Gasteiger partial charge in [0.05, 0.1) is 5.69 Å². The maximum atomic E-state index is 12.5. The van der Waals surface area contributed by atoms with Crippen LogP contribution in [0.2, 0.25) is 0 Å². The van der Waals surface area contributed by atoms with Crippen molar-refractivity contribution in [1.29, 1.82) is 0 Å². The molecule has 6 heteroatoms. The Morgan fingerprint density at radius 2 is 2.32 bits per heavy atom. The van der Waals surface area contributed by atoms with Crippen LogP contribution >= 0.6 is 12.4 Å². The molecule has 1 aromatic heterocycles. The predicted molar refractivity (Wildman–Crippen MR) is 75.5 cm³/mol. The van der Waals surface area contributed by atoms with Gasteiger partial charge < -0.3 is 15.2 Å². The summed E-state index contributed by atoms with van der Waals surface area (Å²) in [5, 5.41) is 3.90. The molecular formula is C13H22ClN3O2. The van der Waals surface area contributed by atoms with Gasteiger partial charge in [-0.3, -0.25) is 4.79 Å². The Morgan fingerprint density at radius 3 is 2.95 bits per heavy atom.